The van der Waals surface area contributed by atoms with Gasteiger partial charge in [-0.3, -0.25) is 9.69 Å². The number of carbonyl (C=O) groups is 1. The Hall–Kier alpha value is -1.96. The number of carbonyl (C=O) groups excluding carboxylic acids is 1. The van der Waals surface area contributed by atoms with E-state index in [1.165, 1.54) is 5.56 Å². The van der Waals surface area contributed by atoms with Crippen LogP contribution in [0.25, 0.3) is 0 Å². The zero-order valence-corrected chi connectivity index (χ0v) is 19.9. The van der Waals surface area contributed by atoms with Gasteiger partial charge in [0.2, 0.25) is 5.91 Å². The van der Waals surface area contributed by atoms with Crippen LogP contribution in [-0.2, 0) is 17.8 Å². The molecular weight excluding hydrogens is 422 g/mol. The summed E-state index contributed by atoms with van der Waals surface area (Å²) in [4.78, 5) is 21.9. The van der Waals surface area contributed by atoms with Gasteiger partial charge >= 0.3 is 0 Å². The number of aliphatic hydroxyl groups excluding tert-OH is 1. The summed E-state index contributed by atoms with van der Waals surface area (Å²) < 4.78 is 6.17. The number of benzene rings is 1. The maximum atomic E-state index is 13.1. The van der Waals surface area contributed by atoms with Gasteiger partial charge in [0.1, 0.15) is 12.4 Å². The molecule has 174 valence electrons. The van der Waals surface area contributed by atoms with Crippen LogP contribution in [0, 0.1) is 12.3 Å². The molecule has 0 aliphatic carbocycles. The molecule has 0 spiro atoms. The van der Waals surface area contributed by atoms with Crippen molar-refractivity contribution in [2.24, 2.45) is 5.41 Å². The highest BCUT2D eigenvalue weighted by Gasteiger charge is 2.33. The normalized spacial score (nSPS) is 24.8. The summed E-state index contributed by atoms with van der Waals surface area (Å²) in [7, 11) is 0. The van der Waals surface area contributed by atoms with Crippen molar-refractivity contribution in [2.75, 3.05) is 39.4 Å². The van der Waals surface area contributed by atoms with E-state index in [9.17, 15) is 9.90 Å². The predicted octanol–water partition coefficient (Wildman–Crippen LogP) is 3.66. The minimum absolute atomic E-state index is 0.0274. The average Bonchev–Trinajstić information content (AvgIpc) is 3.21. The third kappa shape index (κ3) is 5.88. The Bertz CT molecular complexity index is 892. The van der Waals surface area contributed by atoms with Crippen LogP contribution in [0.2, 0.25) is 0 Å². The van der Waals surface area contributed by atoms with E-state index >= 15 is 0 Å². The predicted molar refractivity (Wildman–Crippen MR) is 127 cm³/mol. The van der Waals surface area contributed by atoms with Crippen LogP contribution < -0.4 is 4.74 Å². The molecule has 4 heterocycles. The Morgan fingerprint density at radius 3 is 2.72 bits per heavy atom. The lowest BCUT2D eigenvalue weighted by atomic mass is 9.75. The smallest absolute Gasteiger partial charge is 0.228 e. The highest BCUT2D eigenvalue weighted by atomic mass is 32.1. The molecule has 0 saturated carbocycles. The van der Waals surface area contributed by atoms with E-state index in [1.807, 2.05) is 29.3 Å². The lowest BCUT2D eigenvalue weighted by Crippen LogP contribution is -2.41. The highest BCUT2D eigenvalue weighted by molar-refractivity contribution is 7.09. The molecule has 2 bridgehead atoms. The summed E-state index contributed by atoms with van der Waals surface area (Å²) in [6.07, 6.45) is 5.40. The zero-order chi connectivity index (χ0) is 22.4. The number of hydrogen-bond acceptors (Lipinski definition) is 6. The standard InChI is InChI=1S/C25H35N3O3S/c1-20-26-22(18-32-20)16-24(30)28-11-5-4-8-25(19-29)9-12-27(13-10-25)17-21-6-2-3-7-23(21)31-15-14-28/h2-3,6-7,18,29H,4-5,8-17,19H2,1H3. The van der Waals surface area contributed by atoms with Crippen LogP contribution in [0.4, 0.5) is 0 Å². The minimum atomic E-state index is 0.0274. The first-order valence-corrected chi connectivity index (χ1v) is 12.7. The number of aryl methyl sites for hydroxylation is 1. The van der Waals surface area contributed by atoms with E-state index in [1.54, 1.807) is 11.3 Å². The average molecular weight is 458 g/mol. The van der Waals surface area contributed by atoms with E-state index < -0.39 is 0 Å². The van der Waals surface area contributed by atoms with E-state index in [4.69, 9.17) is 4.74 Å². The van der Waals surface area contributed by atoms with E-state index in [-0.39, 0.29) is 17.9 Å². The molecule has 3 aliphatic rings. The number of amides is 1. The Balaban J connectivity index is 1.48. The molecule has 32 heavy (non-hydrogen) atoms. The highest BCUT2D eigenvalue weighted by Crippen LogP contribution is 2.37. The van der Waals surface area contributed by atoms with Crippen molar-refractivity contribution in [3.8, 4) is 5.75 Å². The van der Waals surface area contributed by atoms with Crippen molar-refractivity contribution in [1.29, 1.82) is 0 Å². The quantitative estimate of drug-likeness (QED) is 0.762. The number of thiazole rings is 1. The second-order valence-corrected chi connectivity index (χ2v) is 10.3. The van der Waals surface area contributed by atoms with Crippen LogP contribution in [0.5, 0.6) is 5.75 Å². The van der Waals surface area contributed by atoms with Crippen molar-refractivity contribution in [3.63, 3.8) is 0 Å². The number of ether oxygens (including phenoxy) is 1. The first kappa shape index (κ1) is 23.2. The Morgan fingerprint density at radius 2 is 1.97 bits per heavy atom. The molecule has 1 saturated heterocycles. The molecule has 6 nitrogen and oxygen atoms in total. The molecule has 0 unspecified atom stereocenters. The maximum absolute atomic E-state index is 13.1. The number of aliphatic hydroxyl groups is 1. The van der Waals surface area contributed by atoms with Gasteiger partial charge in [0.15, 0.2) is 0 Å². The van der Waals surface area contributed by atoms with Crippen LogP contribution in [0.15, 0.2) is 29.6 Å². The van der Waals surface area contributed by atoms with Gasteiger partial charge < -0.3 is 14.7 Å². The first-order chi connectivity index (χ1) is 15.6. The van der Waals surface area contributed by atoms with Crippen LogP contribution in [0.3, 0.4) is 0 Å². The monoisotopic (exact) mass is 457 g/mol. The molecule has 3 aliphatic heterocycles. The molecule has 2 aromatic rings. The molecule has 7 heteroatoms. The SMILES string of the molecule is Cc1nc(CC(=O)N2CCCCC3(CO)CCN(CC3)Cc3ccccc3OCC2)cs1. The molecule has 1 N–H and O–H groups in total. The second-order valence-electron chi connectivity index (χ2n) is 9.26. The van der Waals surface area contributed by atoms with Crippen molar-refractivity contribution < 1.29 is 14.6 Å². The van der Waals surface area contributed by atoms with Gasteiger partial charge in [-0.25, -0.2) is 4.98 Å². The summed E-state index contributed by atoms with van der Waals surface area (Å²) >= 11 is 1.58. The fraction of sp³-hybridized carbons (Fsp3) is 0.600. The summed E-state index contributed by atoms with van der Waals surface area (Å²) in [5, 5.41) is 13.1. The van der Waals surface area contributed by atoms with Crippen molar-refractivity contribution in [3.05, 3.63) is 45.9 Å². The van der Waals surface area contributed by atoms with Gasteiger partial charge in [-0.1, -0.05) is 24.6 Å². The number of piperidine rings is 1. The fourth-order valence-corrected chi connectivity index (χ4v) is 5.49. The number of hydrogen-bond donors (Lipinski definition) is 1. The summed E-state index contributed by atoms with van der Waals surface area (Å²) in [5.41, 5.74) is 2.07. The Kier molecular flexibility index (Phi) is 7.81. The molecule has 1 aromatic heterocycles. The van der Waals surface area contributed by atoms with E-state index in [0.717, 1.165) is 74.7 Å². The molecule has 5 rings (SSSR count). The maximum Gasteiger partial charge on any atom is 0.228 e. The summed E-state index contributed by atoms with van der Waals surface area (Å²) in [6, 6.07) is 8.23. The van der Waals surface area contributed by atoms with Crippen LogP contribution in [-0.4, -0.2) is 65.2 Å². The molecule has 0 radical (unpaired) electrons. The molecular formula is C25H35N3O3S. The number of rotatable bonds is 3. The topological polar surface area (TPSA) is 65.9 Å². The van der Waals surface area contributed by atoms with Crippen LogP contribution in [0.1, 0.15) is 48.4 Å². The van der Waals surface area contributed by atoms with Crippen molar-refractivity contribution in [2.45, 2.75) is 52.0 Å². The minimum Gasteiger partial charge on any atom is -0.491 e. The Morgan fingerprint density at radius 1 is 1.16 bits per heavy atom. The van der Waals surface area contributed by atoms with Crippen molar-refractivity contribution >= 4 is 17.2 Å². The van der Waals surface area contributed by atoms with Gasteiger partial charge in [0.05, 0.1) is 23.7 Å². The lowest BCUT2D eigenvalue weighted by Gasteiger charge is -2.41. The van der Waals surface area contributed by atoms with Gasteiger partial charge in [-0.15, -0.1) is 11.3 Å². The number of para-hydroxylation sites is 1. The molecule has 0 atom stereocenters. The molecule has 1 aromatic carbocycles. The third-order valence-electron chi connectivity index (χ3n) is 6.97. The largest absolute Gasteiger partial charge is 0.491 e. The number of aromatic nitrogens is 1. The lowest BCUT2D eigenvalue weighted by molar-refractivity contribution is -0.131. The Labute approximate surface area is 195 Å². The molecule has 1 fully saturated rings. The van der Waals surface area contributed by atoms with Gasteiger partial charge in [-0.2, -0.15) is 0 Å². The summed E-state index contributed by atoms with van der Waals surface area (Å²) in [5.74, 6) is 1.02. The van der Waals surface area contributed by atoms with E-state index in [0.29, 0.717) is 19.6 Å². The van der Waals surface area contributed by atoms with Gasteiger partial charge in [0.25, 0.3) is 0 Å². The second kappa shape index (κ2) is 10.8. The number of nitrogens with zero attached hydrogens (tertiary/aromatic N) is 3. The first-order valence-electron chi connectivity index (χ1n) is 11.8. The van der Waals surface area contributed by atoms with E-state index in [2.05, 4.69) is 22.0 Å². The number of fused-ring (bicyclic) bond motifs is 9. The third-order valence-corrected chi connectivity index (χ3v) is 7.80. The van der Waals surface area contributed by atoms with Gasteiger partial charge in [0, 0.05) is 30.6 Å². The zero-order valence-electron chi connectivity index (χ0n) is 19.1. The molecule has 1 amide bonds. The van der Waals surface area contributed by atoms with Crippen LogP contribution >= 0.6 is 11.3 Å². The fourth-order valence-electron chi connectivity index (χ4n) is 4.87. The van der Waals surface area contributed by atoms with Crippen molar-refractivity contribution in [1.82, 2.24) is 14.8 Å². The van der Waals surface area contributed by atoms with Gasteiger partial charge in [-0.05, 0) is 57.2 Å². The summed E-state index contributed by atoms with van der Waals surface area (Å²) in [6.45, 7) is 6.88.